The molecule has 1 aliphatic carbocycles. The highest BCUT2D eigenvalue weighted by atomic mass is 35.5. The smallest absolute Gasteiger partial charge is 0.135 e. The third kappa shape index (κ3) is 2.13. The zero-order valence-corrected chi connectivity index (χ0v) is 11.2. The summed E-state index contributed by atoms with van der Waals surface area (Å²) in [4.78, 5) is 5.47. The number of nitrogens with zero attached hydrogens (tertiary/aromatic N) is 1. The van der Waals surface area contributed by atoms with E-state index < -0.39 is 0 Å². The summed E-state index contributed by atoms with van der Waals surface area (Å²) in [7, 11) is 0. The zero-order chi connectivity index (χ0) is 12.7. The van der Waals surface area contributed by atoms with Crippen LogP contribution in [0.25, 0.3) is 10.6 Å². The molecule has 1 heterocycles. The van der Waals surface area contributed by atoms with Crippen molar-refractivity contribution in [1.29, 1.82) is 5.41 Å². The largest absolute Gasteiger partial charge is 0.383 e. The van der Waals surface area contributed by atoms with Gasteiger partial charge in [-0.2, -0.15) is 0 Å². The Kier molecular flexibility index (Phi) is 2.84. The van der Waals surface area contributed by atoms with Gasteiger partial charge in [0.05, 0.1) is 10.6 Å². The fraction of sp³-hybridized carbons (Fsp3) is 0.231. The molecule has 0 saturated heterocycles. The summed E-state index contributed by atoms with van der Waals surface area (Å²) in [6.45, 7) is 0. The van der Waals surface area contributed by atoms with Gasteiger partial charge in [-0.1, -0.05) is 23.7 Å². The molecule has 1 aromatic carbocycles. The summed E-state index contributed by atoms with van der Waals surface area (Å²) >= 11 is 7.37. The maximum Gasteiger partial charge on any atom is 0.135 e. The van der Waals surface area contributed by atoms with Crippen molar-refractivity contribution in [3.05, 3.63) is 39.9 Å². The first-order valence-corrected chi connectivity index (χ1v) is 6.95. The quantitative estimate of drug-likeness (QED) is 0.665. The van der Waals surface area contributed by atoms with Crippen LogP contribution in [0.5, 0.6) is 0 Å². The predicted molar refractivity (Wildman–Crippen MR) is 75.6 cm³/mol. The lowest BCUT2D eigenvalue weighted by Crippen LogP contribution is -2.11. The number of thiazole rings is 1. The van der Waals surface area contributed by atoms with E-state index in [4.69, 9.17) is 22.7 Å². The van der Waals surface area contributed by atoms with Gasteiger partial charge in [-0.25, -0.2) is 4.98 Å². The first-order valence-electron chi connectivity index (χ1n) is 5.76. The zero-order valence-electron chi connectivity index (χ0n) is 9.61. The molecule has 0 unspecified atom stereocenters. The van der Waals surface area contributed by atoms with Gasteiger partial charge in [0, 0.05) is 16.5 Å². The number of hydrogen-bond donors (Lipinski definition) is 2. The van der Waals surface area contributed by atoms with Crippen molar-refractivity contribution in [3.8, 4) is 10.6 Å². The van der Waals surface area contributed by atoms with Gasteiger partial charge in [-0.15, -0.1) is 11.3 Å². The van der Waals surface area contributed by atoms with Crippen molar-refractivity contribution >= 4 is 28.8 Å². The van der Waals surface area contributed by atoms with Crippen LogP contribution in [0.4, 0.5) is 0 Å². The molecule has 3 rings (SSSR count). The Morgan fingerprint density at radius 3 is 2.56 bits per heavy atom. The number of hydrogen-bond acceptors (Lipinski definition) is 3. The minimum Gasteiger partial charge on any atom is -0.383 e. The summed E-state index contributed by atoms with van der Waals surface area (Å²) in [5.41, 5.74) is 7.65. The molecule has 0 bridgehead atoms. The standard InChI is InChI=1S/C13H12ClN3S/c14-9-5-3-8(4-6-9)13-17-10(7-1-2-7)11(18-13)12(15)16/h3-7H,1-2H2,(H3,15,16). The molecule has 2 aromatic rings. The lowest BCUT2D eigenvalue weighted by molar-refractivity contribution is 1.05. The lowest BCUT2D eigenvalue weighted by atomic mass is 10.2. The molecule has 0 aliphatic heterocycles. The molecule has 5 heteroatoms. The van der Waals surface area contributed by atoms with E-state index in [1.165, 1.54) is 11.3 Å². The SMILES string of the molecule is N=C(N)c1sc(-c2ccc(Cl)cc2)nc1C1CC1. The Balaban J connectivity index is 2.04. The topological polar surface area (TPSA) is 62.8 Å². The fourth-order valence-electron chi connectivity index (χ4n) is 1.87. The average molecular weight is 278 g/mol. The molecule has 0 atom stereocenters. The van der Waals surface area contributed by atoms with Gasteiger partial charge < -0.3 is 5.73 Å². The van der Waals surface area contributed by atoms with Crippen LogP contribution in [0.2, 0.25) is 5.02 Å². The van der Waals surface area contributed by atoms with Crippen molar-refractivity contribution < 1.29 is 0 Å². The van der Waals surface area contributed by atoms with Gasteiger partial charge in [0.25, 0.3) is 0 Å². The summed E-state index contributed by atoms with van der Waals surface area (Å²) in [6.07, 6.45) is 2.31. The number of nitrogens with two attached hydrogens (primary N) is 1. The molecule has 3 nitrogen and oxygen atoms in total. The number of halogens is 1. The summed E-state index contributed by atoms with van der Waals surface area (Å²) in [5.74, 6) is 0.621. The van der Waals surface area contributed by atoms with E-state index in [9.17, 15) is 0 Å². The second-order valence-electron chi connectivity index (χ2n) is 4.43. The van der Waals surface area contributed by atoms with Crippen molar-refractivity contribution in [2.24, 2.45) is 5.73 Å². The second kappa shape index (κ2) is 4.37. The van der Waals surface area contributed by atoms with E-state index in [1.807, 2.05) is 24.3 Å². The third-order valence-corrected chi connectivity index (χ3v) is 4.36. The van der Waals surface area contributed by atoms with E-state index in [1.54, 1.807) is 0 Å². The minimum atomic E-state index is 0.120. The first kappa shape index (κ1) is 11.7. The summed E-state index contributed by atoms with van der Waals surface area (Å²) < 4.78 is 0. The Hall–Kier alpha value is -1.39. The van der Waals surface area contributed by atoms with E-state index in [0.717, 1.165) is 34.0 Å². The molecule has 1 saturated carbocycles. The van der Waals surface area contributed by atoms with E-state index in [0.29, 0.717) is 10.9 Å². The van der Waals surface area contributed by atoms with Gasteiger partial charge in [0.2, 0.25) is 0 Å². The van der Waals surface area contributed by atoms with Crippen molar-refractivity contribution in [1.82, 2.24) is 4.98 Å². The molecule has 0 amide bonds. The Morgan fingerprint density at radius 2 is 2.00 bits per heavy atom. The van der Waals surface area contributed by atoms with Crippen molar-refractivity contribution in [3.63, 3.8) is 0 Å². The van der Waals surface area contributed by atoms with Crippen LogP contribution in [-0.2, 0) is 0 Å². The average Bonchev–Trinajstić information content (AvgIpc) is 3.09. The Morgan fingerprint density at radius 1 is 1.33 bits per heavy atom. The highest BCUT2D eigenvalue weighted by Crippen LogP contribution is 2.44. The third-order valence-electron chi connectivity index (χ3n) is 2.95. The molecule has 1 aromatic heterocycles. The van der Waals surface area contributed by atoms with Gasteiger partial charge in [0.1, 0.15) is 10.8 Å². The molecule has 1 fully saturated rings. The maximum absolute atomic E-state index is 7.63. The molecule has 0 spiro atoms. The van der Waals surface area contributed by atoms with Gasteiger partial charge in [-0.3, -0.25) is 5.41 Å². The minimum absolute atomic E-state index is 0.120. The fourth-order valence-corrected chi connectivity index (χ4v) is 3.02. The van der Waals surface area contributed by atoms with Gasteiger partial charge >= 0.3 is 0 Å². The number of amidine groups is 1. The van der Waals surface area contributed by atoms with Crippen LogP contribution in [0.15, 0.2) is 24.3 Å². The number of benzene rings is 1. The van der Waals surface area contributed by atoms with Crippen molar-refractivity contribution in [2.75, 3.05) is 0 Å². The van der Waals surface area contributed by atoms with E-state index >= 15 is 0 Å². The van der Waals surface area contributed by atoms with Crippen LogP contribution < -0.4 is 5.73 Å². The molecule has 92 valence electrons. The van der Waals surface area contributed by atoms with Gasteiger partial charge in [-0.05, 0) is 25.0 Å². The first-order chi connectivity index (χ1) is 8.65. The van der Waals surface area contributed by atoms with E-state index in [2.05, 4.69) is 4.98 Å². The monoisotopic (exact) mass is 277 g/mol. The molecule has 0 radical (unpaired) electrons. The predicted octanol–water partition coefficient (Wildman–Crippen LogP) is 3.62. The number of nitrogens with one attached hydrogen (secondary N) is 1. The van der Waals surface area contributed by atoms with Crippen molar-refractivity contribution in [2.45, 2.75) is 18.8 Å². The second-order valence-corrected chi connectivity index (χ2v) is 5.86. The normalized spacial score (nSPS) is 14.7. The molecular formula is C13H12ClN3S. The molecule has 1 aliphatic rings. The van der Waals surface area contributed by atoms with Crippen LogP contribution in [-0.4, -0.2) is 10.8 Å². The number of nitrogen functional groups attached to an aromatic ring is 1. The molecule has 18 heavy (non-hydrogen) atoms. The highest BCUT2D eigenvalue weighted by molar-refractivity contribution is 7.17. The molecular weight excluding hydrogens is 266 g/mol. The van der Waals surface area contributed by atoms with E-state index in [-0.39, 0.29) is 5.84 Å². The van der Waals surface area contributed by atoms with Crippen LogP contribution in [0, 0.1) is 5.41 Å². The van der Waals surface area contributed by atoms with Crippen LogP contribution >= 0.6 is 22.9 Å². The Bertz CT molecular complexity index is 599. The number of rotatable bonds is 3. The molecule has 3 N–H and O–H groups in total. The lowest BCUT2D eigenvalue weighted by Gasteiger charge is -1.95. The Labute approximate surface area is 114 Å². The van der Waals surface area contributed by atoms with Crippen LogP contribution in [0.1, 0.15) is 29.3 Å². The maximum atomic E-state index is 7.63. The summed E-state index contributed by atoms with van der Waals surface area (Å²) in [5, 5.41) is 9.26. The highest BCUT2D eigenvalue weighted by Gasteiger charge is 2.30. The number of aromatic nitrogens is 1. The van der Waals surface area contributed by atoms with Crippen LogP contribution in [0.3, 0.4) is 0 Å². The van der Waals surface area contributed by atoms with Gasteiger partial charge in [0.15, 0.2) is 0 Å². The summed E-state index contributed by atoms with van der Waals surface area (Å²) in [6, 6.07) is 7.59.